The van der Waals surface area contributed by atoms with Crippen LogP contribution >= 0.6 is 0 Å². The second-order valence-corrected chi connectivity index (χ2v) is 8.53. The van der Waals surface area contributed by atoms with Crippen molar-refractivity contribution in [3.8, 4) is 0 Å². The Bertz CT molecular complexity index is 996. The molecule has 0 N–H and O–H groups in total. The second-order valence-electron chi connectivity index (χ2n) is 8.53. The standard InChI is InChI=1S/C26H26F5N3/c27-22-8-3-19(4-9-22)24(20-5-10-23(28)11-6-20)2-1-13-33-14-16-34(17-15-33)25-12-7-21(18-32-25)26(29,30)31/h3-12,18,24H,1-2,13-17H2. The third-order valence-electron chi connectivity index (χ3n) is 6.28. The summed E-state index contributed by atoms with van der Waals surface area (Å²) in [6.07, 6.45) is -1.77. The van der Waals surface area contributed by atoms with Crippen LogP contribution in [0.15, 0.2) is 66.9 Å². The third-order valence-corrected chi connectivity index (χ3v) is 6.28. The van der Waals surface area contributed by atoms with Gasteiger partial charge >= 0.3 is 6.18 Å². The molecule has 0 radical (unpaired) electrons. The molecule has 0 unspecified atom stereocenters. The van der Waals surface area contributed by atoms with Gasteiger partial charge < -0.3 is 4.90 Å². The number of alkyl halides is 3. The first-order valence-corrected chi connectivity index (χ1v) is 11.3. The van der Waals surface area contributed by atoms with E-state index in [9.17, 15) is 22.0 Å². The van der Waals surface area contributed by atoms with Gasteiger partial charge in [-0.1, -0.05) is 24.3 Å². The fraction of sp³-hybridized carbons (Fsp3) is 0.346. The molecule has 34 heavy (non-hydrogen) atoms. The van der Waals surface area contributed by atoms with E-state index in [1.54, 1.807) is 24.3 Å². The fourth-order valence-corrected chi connectivity index (χ4v) is 4.38. The summed E-state index contributed by atoms with van der Waals surface area (Å²) in [4.78, 5) is 8.32. The molecule has 2 aromatic carbocycles. The molecule has 8 heteroatoms. The number of rotatable bonds is 7. The van der Waals surface area contributed by atoms with Gasteiger partial charge in [0.1, 0.15) is 17.5 Å². The minimum atomic E-state index is -4.39. The summed E-state index contributed by atoms with van der Waals surface area (Å²) in [5, 5.41) is 0. The van der Waals surface area contributed by atoms with E-state index < -0.39 is 11.7 Å². The van der Waals surface area contributed by atoms with E-state index in [-0.39, 0.29) is 17.6 Å². The smallest absolute Gasteiger partial charge is 0.354 e. The lowest BCUT2D eigenvalue weighted by molar-refractivity contribution is -0.137. The van der Waals surface area contributed by atoms with Crippen molar-refractivity contribution in [3.63, 3.8) is 0 Å². The van der Waals surface area contributed by atoms with Gasteiger partial charge in [-0.15, -0.1) is 0 Å². The minimum absolute atomic E-state index is 0.0406. The van der Waals surface area contributed by atoms with Crippen LogP contribution in [-0.4, -0.2) is 42.6 Å². The number of nitrogens with zero attached hydrogens (tertiary/aromatic N) is 3. The number of halogens is 5. The van der Waals surface area contributed by atoms with Crippen molar-refractivity contribution in [2.24, 2.45) is 0 Å². The molecule has 180 valence electrons. The zero-order valence-corrected chi connectivity index (χ0v) is 18.6. The van der Waals surface area contributed by atoms with Crippen molar-refractivity contribution in [1.29, 1.82) is 0 Å². The molecule has 0 aliphatic carbocycles. The molecule has 0 atom stereocenters. The first-order valence-electron chi connectivity index (χ1n) is 11.3. The molecule has 0 amide bonds. The van der Waals surface area contributed by atoms with Crippen LogP contribution in [0, 0.1) is 11.6 Å². The molecule has 0 spiro atoms. The van der Waals surface area contributed by atoms with Gasteiger partial charge in [-0.05, 0) is 66.9 Å². The Morgan fingerprint density at radius 2 is 1.32 bits per heavy atom. The molecule has 1 saturated heterocycles. The maximum atomic E-state index is 13.4. The van der Waals surface area contributed by atoms with E-state index in [2.05, 4.69) is 9.88 Å². The van der Waals surface area contributed by atoms with Gasteiger partial charge in [-0.2, -0.15) is 13.2 Å². The van der Waals surface area contributed by atoms with Crippen molar-refractivity contribution >= 4 is 5.82 Å². The summed E-state index contributed by atoms with van der Waals surface area (Å²) in [6.45, 7) is 3.84. The zero-order valence-electron chi connectivity index (χ0n) is 18.6. The van der Waals surface area contributed by atoms with Crippen LogP contribution in [0.25, 0.3) is 0 Å². The number of anilines is 1. The number of aromatic nitrogens is 1. The number of piperazine rings is 1. The molecule has 1 fully saturated rings. The number of pyridine rings is 1. The lowest BCUT2D eigenvalue weighted by Crippen LogP contribution is -2.47. The quantitative estimate of drug-likeness (QED) is 0.384. The first-order chi connectivity index (χ1) is 16.3. The van der Waals surface area contributed by atoms with Crippen molar-refractivity contribution in [1.82, 2.24) is 9.88 Å². The molecule has 2 heterocycles. The highest BCUT2D eigenvalue weighted by atomic mass is 19.4. The second kappa shape index (κ2) is 10.5. The van der Waals surface area contributed by atoms with Crippen molar-refractivity contribution in [2.45, 2.75) is 24.9 Å². The van der Waals surface area contributed by atoms with Gasteiger partial charge in [0.15, 0.2) is 0 Å². The summed E-state index contributed by atoms with van der Waals surface area (Å²) < 4.78 is 65.1. The number of hydrogen-bond donors (Lipinski definition) is 0. The highest BCUT2D eigenvalue weighted by Crippen LogP contribution is 2.31. The summed E-state index contributed by atoms with van der Waals surface area (Å²) in [6, 6.07) is 15.4. The molecular weight excluding hydrogens is 449 g/mol. The van der Waals surface area contributed by atoms with Crippen molar-refractivity contribution in [3.05, 3.63) is 95.2 Å². The predicted octanol–water partition coefficient (Wildman–Crippen LogP) is 6.11. The van der Waals surface area contributed by atoms with Crippen molar-refractivity contribution in [2.75, 3.05) is 37.6 Å². The van der Waals surface area contributed by atoms with Crippen LogP contribution in [0.2, 0.25) is 0 Å². The molecule has 0 saturated carbocycles. The van der Waals surface area contributed by atoms with Gasteiger partial charge in [-0.25, -0.2) is 13.8 Å². The van der Waals surface area contributed by atoms with Crippen LogP contribution in [0.1, 0.15) is 35.4 Å². The van der Waals surface area contributed by atoms with E-state index in [1.165, 1.54) is 30.3 Å². The van der Waals surface area contributed by atoms with Gasteiger partial charge in [0.05, 0.1) is 5.56 Å². The summed E-state index contributed by atoms with van der Waals surface area (Å²) in [7, 11) is 0. The topological polar surface area (TPSA) is 19.4 Å². The third kappa shape index (κ3) is 6.11. The Kier molecular flexibility index (Phi) is 7.46. The molecule has 3 aromatic rings. The van der Waals surface area contributed by atoms with Crippen LogP contribution in [0.5, 0.6) is 0 Å². The predicted molar refractivity (Wildman–Crippen MR) is 122 cm³/mol. The normalized spacial score (nSPS) is 15.2. The van der Waals surface area contributed by atoms with E-state index in [1.807, 2.05) is 4.90 Å². The van der Waals surface area contributed by atoms with Gasteiger partial charge in [0, 0.05) is 38.3 Å². The highest BCUT2D eigenvalue weighted by Gasteiger charge is 2.31. The summed E-state index contributed by atoms with van der Waals surface area (Å²) in [5.74, 6) is 0.0168. The average Bonchev–Trinajstić information content (AvgIpc) is 2.83. The van der Waals surface area contributed by atoms with Crippen LogP contribution in [0.4, 0.5) is 27.8 Å². The highest BCUT2D eigenvalue weighted by molar-refractivity contribution is 5.40. The van der Waals surface area contributed by atoms with E-state index in [4.69, 9.17) is 0 Å². The first kappa shape index (κ1) is 24.1. The van der Waals surface area contributed by atoms with Gasteiger partial charge in [-0.3, -0.25) is 4.90 Å². The Morgan fingerprint density at radius 1 is 0.765 bits per heavy atom. The van der Waals surface area contributed by atoms with E-state index in [0.29, 0.717) is 18.9 Å². The maximum absolute atomic E-state index is 13.4. The Morgan fingerprint density at radius 3 is 1.79 bits per heavy atom. The molecule has 1 aliphatic rings. The Balaban J connectivity index is 1.31. The lowest BCUT2D eigenvalue weighted by atomic mass is 9.87. The minimum Gasteiger partial charge on any atom is -0.354 e. The number of benzene rings is 2. The Labute approximate surface area is 195 Å². The summed E-state index contributed by atoms with van der Waals surface area (Å²) >= 11 is 0. The maximum Gasteiger partial charge on any atom is 0.417 e. The lowest BCUT2D eigenvalue weighted by Gasteiger charge is -2.35. The SMILES string of the molecule is Fc1ccc(C(CCCN2CCN(c3ccc(C(F)(F)F)cn3)CC2)c2ccc(F)cc2)cc1. The van der Waals surface area contributed by atoms with Gasteiger partial charge in [0.2, 0.25) is 0 Å². The monoisotopic (exact) mass is 475 g/mol. The van der Waals surface area contributed by atoms with Gasteiger partial charge in [0.25, 0.3) is 0 Å². The fourth-order valence-electron chi connectivity index (χ4n) is 4.38. The van der Waals surface area contributed by atoms with Crippen LogP contribution in [0.3, 0.4) is 0 Å². The zero-order chi connectivity index (χ0) is 24.1. The van der Waals surface area contributed by atoms with E-state index >= 15 is 0 Å². The Hall–Kier alpha value is -3.00. The van der Waals surface area contributed by atoms with Crippen LogP contribution < -0.4 is 4.90 Å². The summed E-state index contributed by atoms with van der Waals surface area (Å²) in [5.41, 5.74) is 1.24. The molecule has 1 aromatic heterocycles. The molecule has 0 bridgehead atoms. The van der Waals surface area contributed by atoms with Crippen LogP contribution in [-0.2, 0) is 6.18 Å². The number of hydrogen-bond acceptors (Lipinski definition) is 3. The largest absolute Gasteiger partial charge is 0.417 e. The van der Waals surface area contributed by atoms with Crippen molar-refractivity contribution < 1.29 is 22.0 Å². The van der Waals surface area contributed by atoms with E-state index in [0.717, 1.165) is 55.9 Å². The molecule has 4 rings (SSSR count). The molecular formula is C26H26F5N3. The molecule has 3 nitrogen and oxygen atoms in total. The molecule has 1 aliphatic heterocycles. The average molecular weight is 476 g/mol.